The second-order valence-corrected chi connectivity index (χ2v) is 4.53. The highest BCUT2D eigenvalue weighted by Gasteiger charge is 2.11. The summed E-state index contributed by atoms with van der Waals surface area (Å²) in [5.41, 5.74) is 3.03. The number of carbonyl (C=O) groups excluding carboxylic acids is 1. The van der Waals surface area contributed by atoms with Gasteiger partial charge in [0.1, 0.15) is 0 Å². The molecule has 1 heterocycles. The molecular formula is C15H17N2O2+. The molecular weight excluding hydrogens is 240 g/mol. The van der Waals surface area contributed by atoms with Gasteiger partial charge in [-0.3, -0.25) is 4.79 Å². The quantitative estimate of drug-likeness (QED) is 0.826. The van der Waals surface area contributed by atoms with Gasteiger partial charge in [-0.25, -0.2) is 0 Å². The van der Waals surface area contributed by atoms with Crippen molar-refractivity contribution in [3.63, 3.8) is 0 Å². The van der Waals surface area contributed by atoms with Crippen molar-refractivity contribution in [1.82, 2.24) is 0 Å². The molecule has 0 spiro atoms. The first-order valence-corrected chi connectivity index (χ1v) is 6.10. The summed E-state index contributed by atoms with van der Waals surface area (Å²) >= 11 is 0. The molecule has 2 aromatic rings. The van der Waals surface area contributed by atoms with Gasteiger partial charge in [0, 0.05) is 11.8 Å². The maximum absolute atomic E-state index is 11.9. The topological polar surface area (TPSA) is 53.2 Å². The van der Waals surface area contributed by atoms with E-state index >= 15 is 0 Å². The second-order valence-electron chi connectivity index (χ2n) is 4.53. The van der Waals surface area contributed by atoms with Gasteiger partial charge >= 0.3 is 0 Å². The molecule has 19 heavy (non-hydrogen) atoms. The van der Waals surface area contributed by atoms with Gasteiger partial charge in [0.05, 0.1) is 0 Å². The maximum Gasteiger partial charge on any atom is 0.290 e. The number of nitrogens with one attached hydrogen (secondary N) is 1. The molecule has 0 bridgehead atoms. The molecule has 98 valence electrons. The summed E-state index contributed by atoms with van der Waals surface area (Å²) in [6.45, 7) is 4.16. The lowest BCUT2D eigenvalue weighted by molar-refractivity contribution is -0.684. The minimum absolute atomic E-state index is 0.121. The number of carbonyl (C=O) groups is 1. The molecule has 0 saturated heterocycles. The largest absolute Gasteiger partial charge is 0.503 e. The van der Waals surface area contributed by atoms with Crippen molar-refractivity contribution in [1.29, 1.82) is 0 Å². The Morgan fingerprint density at radius 3 is 2.79 bits per heavy atom. The summed E-state index contributed by atoms with van der Waals surface area (Å²) in [5.74, 6) is 0.0198. The van der Waals surface area contributed by atoms with E-state index in [0.29, 0.717) is 0 Å². The number of aryl methyl sites for hydroxylation is 1. The Bertz CT molecular complexity index is 609. The third-order valence-corrected chi connectivity index (χ3v) is 3.05. The molecule has 1 amide bonds. The Morgan fingerprint density at radius 2 is 2.05 bits per heavy atom. The van der Waals surface area contributed by atoms with Crippen LogP contribution < -0.4 is 9.88 Å². The number of pyridine rings is 1. The Labute approximate surface area is 112 Å². The molecule has 0 radical (unpaired) electrons. The van der Waals surface area contributed by atoms with Crippen LogP contribution in [0.5, 0.6) is 5.75 Å². The van der Waals surface area contributed by atoms with Gasteiger partial charge < -0.3 is 10.4 Å². The molecule has 4 heteroatoms. The van der Waals surface area contributed by atoms with Crippen LogP contribution in [0.4, 0.5) is 5.69 Å². The summed E-state index contributed by atoms with van der Waals surface area (Å²) < 4.78 is 1.63. The van der Waals surface area contributed by atoms with E-state index in [-0.39, 0.29) is 18.2 Å². The second kappa shape index (κ2) is 5.52. The Balaban J connectivity index is 2.08. The zero-order chi connectivity index (χ0) is 13.8. The van der Waals surface area contributed by atoms with E-state index < -0.39 is 0 Å². The normalized spacial score (nSPS) is 10.2. The lowest BCUT2D eigenvalue weighted by Gasteiger charge is -2.08. The van der Waals surface area contributed by atoms with Crippen LogP contribution in [0, 0.1) is 13.8 Å². The van der Waals surface area contributed by atoms with Gasteiger partial charge in [-0.2, -0.15) is 4.57 Å². The summed E-state index contributed by atoms with van der Waals surface area (Å²) in [6.07, 6.45) is 3.26. The highest BCUT2D eigenvalue weighted by atomic mass is 16.3. The lowest BCUT2D eigenvalue weighted by Crippen LogP contribution is -2.39. The molecule has 1 aromatic carbocycles. The Kier molecular flexibility index (Phi) is 3.80. The molecule has 2 N–H and O–H groups in total. The van der Waals surface area contributed by atoms with E-state index in [1.807, 2.05) is 32.0 Å². The number of benzene rings is 1. The number of hydrogen-bond donors (Lipinski definition) is 2. The molecule has 0 unspecified atom stereocenters. The van der Waals surface area contributed by atoms with Gasteiger partial charge in [0.15, 0.2) is 11.9 Å². The summed E-state index contributed by atoms with van der Waals surface area (Å²) in [7, 11) is 0. The number of amides is 1. The van der Waals surface area contributed by atoms with Crippen molar-refractivity contribution in [2.75, 3.05) is 5.32 Å². The van der Waals surface area contributed by atoms with Crippen LogP contribution in [0.1, 0.15) is 11.1 Å². The van der Waals surface area contributed by atoms with E-state index in [0.717, 1.165) is 16.8 Å². The zero-order valence-electron chi connectivity index (χ0n) is 11.1. The van der Waals surface area contributed by atoms with Crippen molar-refractivity contribution < 1.29 is 14.5 Å². The van der Waals surface area contributed by atoms with Gasteiger partial charge in [0.2, 0.25) is 12.7 Å². The van der Waals surface area contributed by atoms with E-state index in [4.69, 9.17) is 0 Å². The molecule has 0 saturated carbocycles. The molecule has 2 rings (SSSR count). The molecule has 0 aliphatic heterocycles. The summed E-state index contributed by atoms with van der Waals surface area (Å²) in [4.78, 5) is 11.9. The fourth-order valence-electron chi connectivity index (χ4n) is 1.85. The van der Waals surface area contributed by atoms with Crippen molar-refractivity contribution in [3.05, 3.63) is 53.9 Å². The lowest BCUT2D eigenvalue weighted by atomic mass is 10.1. The predicted molar refractivity (Wildman–Crippen MR) is 72.8 cm³/mol. The van der Waals surface area contributed by atoms with Crippen LogP contribution in [0.25, 0.3) is 0 Å². The average Bonchev–Trinajstić information content (AvgIpc) is 2.35. The molecule has 1 aromatic heterocycles. The first-order chi connectivity index (χ1) is 9.06. The van der Waals surface area contributed by atoms with E-state index in [2.05, 4.69) is 5.32 Å². The summed E-state index contributed by atoms with van der Waals surface area (Å²) in [5, 5.41) is 12.2. The molecule has 4 nitrogen and oxygen atoms in total. The standard InChI is InChI=1S/C15H16N2O2/c1-11-5-3-7-14(12(11)2)16-15(19)10-17-8-4-6-13(18)9-17/h3-9H,10H2,1-2H3,(H-,16,18,19)/p+1. The van der Waals surface area contributed by atoms with Gasteiger partial charge in [0.25, 0.3) is 5.91 Å². The number of anilines is 1. The monoisotopic (exact) mass is 257 g/mol. The zero-order valence-corrected chi connectivity index (χ0v) is 11.1. The summed E-state index contributed by atoms with van der Waals surface area (Å²) in [6, 6.07) is 9.07. The smallest absolute Gasteiger partial charge is 0.290 e. The predicted octanol–water partition coefficient (Wildman–Crippen LogP) is 1.94. The number of rotatable bonds is 3. The van der Waals surface area contributed by atoms with E-state index in [1.165, 1.54) is 6.20 Å². The van der Waals surface area contributed by atoms with Gasteiger partial charge in [-0.05, 0) is 37.1 Å². The first-order valence-electron chi connectivity index (χ1n) is 6.10. The molecule has 0 aliphatic carbocycles. The van der Waals surface area contributed by atoms with Crippen molar-refractivity contribution >= 4 is 11.6 Å². The molecule has 0 fully saturated rings. The van der Waals surface area contributed by atoms with Crippen LogP contribution in [0.15, 0.2) is 42.7 Å². The number of nitrogens with zero attached hydrogens (tertiary/aromatic N) is 1. The number of aromatic nitrogens is 1. The minimum Gasteiger partial charge on any atom is -0.503 e. The number of hydrogen-bond acceptors (Lipinski definition) is 2. The fraction of sp³-hybridized carbons (Fsp3) is 0.200. The van der Waals surface area contributed by atoms with Crippen LogP contribution in [0.2, 0.25) is 0 Å². The SMILES string of the molecule is Cc1cccc(NC(=O)C[n+]2cccc(O)c2)c1C. The third-order valence-electron chi connectivity index (χ3n) is 3.05. The van der Waals surface area contributed by atoms with Crippen molar-refractivity contribution in [3.8, 4) is 5.75 Å². The molecule has 0 aliphatic rings. The van der Waals surface area contributed by atoms with Crippen molar-refractivity contribution in [2.24, 2.45) is 0 Å². The fourth-order valence-corrected chi connectivity index (χ4v) is 1.85. The number of aromatic hydroxyl groups is 1. The Morgan fingerprint density at radius 1 is 1.26 bits per heavy atom. The van der Waals surface area contributed by atoms with Gasteiger partial charge in [-0.15, -0.1) is 0 Å². The average molecular weight is 257 g/mol. The maximum atomic E-state index is 11.9. The van der Waals surface area contributed by atoms with E-state index in [1.54, 1.807) is 22.9 Å². The first kappa shape index (κ1) is 13.1. The Hall–Kier alpha value is -2.36. The van der Waals surface area contributed by atoms with Crippen LogP contribution in [0.3, 0.4) is 0 Å². The van der Waals surface area contributed by atoms with Gasteiger partial charge in [-0.1, -0.05) is 12.1 Å². The minimum atomic E-state index is -0.121. The molecule has 0 atom stereocenters. The van der Waals surface area contributed by atoms with Crippen LogP contribution in [-0.4, -0.2) is 11.0 Å². The van der Waals surface area contributed by atoms with Crippen LogP contribution in [-0.2, 0) is 11.3 Å². The van der Waals surface area contributed by atoms with Crippen molar-refractivity contribution in [2.45, 2.75) is 20.4 Å². The highest BCUT2D eigenvalue weighted by Crippen LogP contribution is 2.17. The van der Waals surface area contributed by atoms with Crippen LogP contribution >= 0.6 is 0 Å². The van der Waals surface area contributed by atoms with E-state index in [9.17, 15) is 9.90 Å². The highest BCUT2D eigenvalue weighted by molar-refractivity contribution is 5.90. The third kappa shape index (κ3) is 3.31.